The average Bonchev–Trinajstić information content (AvgIpc) is 2.97. The van der Waals surface area contributed by atoms with Crippen molar-refractivity contribution >= 4 is 23.5 Å². The van der Waals surface area contributed by atoms with Gasteiger partial charge in [0.15, 0.2) is 0 Å². The lowest BCUT2D eigenvalue weighted by Crippen LogP contribution is -2.24. The first-order valence-electron chi connectivity index (χ1n) is 8.01. The summed E-state index contributed by atoms with van der Waals surface area (Å²) in [4.78, 5) is 4.85. The van der Waals surface area contributed by atoms with Gasteiger partial charge in [0.2, 0.25) is 0 Å². The highest BCUT2D eigenvalue weighted by atomic mass is 32.2. The van der Waals surface area contributed by atoms with Crippen molar-refractivity contribution in [1.82, 2.24) is 9.80 Å². The molecule has 2 nitrogen and oxygen atoms in total. The smallest absolute Gasteiger partial charge is 0.0998 e. The van der Waals surface area contributed by atoms with Crippen molar-refractivity contribution in [3.8, 4) is 0 Å². The zero-order chi connectivity index (χ0) is 15.2. The molecule has 0 aliphatic carbocycles. The van der Waals surface area contributed by atoms with Gasteiger partial charge in [-0.3, -0.25) is 0 Å². The van der Waals surface area contributed by atoms with E-state index < -0.39 is 0 Å². The van der Waals surface area contributed by atoms with E-state index >= 15 is 0 Å². The van der Waals surface area contributed by atoms with Gasteiger partial charge >= 0.3 is 0 Å². The summed E-state index contributed by atoms with van der Waals surface area (Å²) in [5.41, 5.74) is 2.76. The Labute approximate surface area is 138 Å². The summed E-state index contributed by atoms with van der Waals surface area (Å²) >= 11 is 3.79. The lowest BCUT2D eigenvalue weighted by molar-refractivity contribution is 0.418. The molecule has 2 aliphatic heterocycles. The summed E-state index contributed by atoms with van der Waals surface area (Å²) in [7, 11) is 2.18. The monoisotopic (exact) mass is 324 g/mol. The van der Waals surface area contributed by atoms with E-state index in [1.165, 1.54) is 55.1 Å². The van der Waals surface area contributed by atoms with Gasteiger partial charge in [-0.2, -0.15) is 0 Å². The summed E-state index contributed by atoms with van der Waals surface area (Å²) in [6, 6.07) is 0. The van der Waals surface area contributed by atoms with Crippen LogP contribution in [0, 0.1) is 0 Å². The van der Waals surface area contributed by atoms with E-state index in [4.69, 9.17) is 0 Å². The fraction of sp³-hybridized carbons (Fsp3) is 0.647. The molecule has 0 saturated heterocycles. The van der Waals surface area contributed by atoms with Gasteiger partial charge in [-0.05, 0) is 37.2 Å². The maximum Gasteiger partial charge on any atom is 0.0998 e. The molecule has 2 aliphatic rings. The third-order valence-electron chi connectivity index (χ3n) is 4.13. The minimum absolute atomic E-state index is 0.453. The van der Waals surface area contributed by atoms with Crippen LogP contribution in [0.3, 0.4) is 0 Å². The molecule has 0 fully saturated rings. The van der Waals surface area contributed by atoms with Gasteiger partial charge in [-0.15, -0.1) is 11.8 Å². The predicted octanol–water partition coefficient (Wildman–Crippen LogP) is 5.57. The zero-order valence-corrected chi connectivity index (χ0v) is 15.4. The number of hydrogen-bond acceptors (Lipinski definition) is 4. The van der Waals surface area contributed by atoms with Crippen LogP contribution >= 0.6 is 23.5 Å². The Morgan fingerprint density at radius 3 is 2.52 bits per heavy atom. The van der Waals surface area contributed by atoms with Gasteiger partial charge < -0.3 is 9.80 Å². The molecule has 21 heavy (non-hydrogen) atoms. The van der Waals surface area contributed by atoms with Gasteiger partial charge in [-0.25, -0.2) is 0 Å². The van der Waals surface area contributed by atoms with Gasteiger partial charge in [0.1, 0.15) is 0 Å². The third-order valence-corrected chi connectivity index (χ3v) is 6.39. The number of thioether (sulfide) groups is 2. The number of hydrogen-bond donors (Lipinski definition) is 0. The van der Waals surface area contributed by atoms with Crippen molar-refractivity contribution in [3.63, 3.8) is 0 Å². The van der Waals surface area contributed by atoms with E-state index in [1.807, 2.05) is 23.5 Å². The van der Waals surface area contributed by atoms with Crippen LogP contribution in [0.5, 0.6) is 0 Å². The first-order chi connectivity index (χ1) is 10.1. The lowest BCUT2D eigenvalue weighted by atomic mass is 10.1. The highest BCUT2D eigenvalue weighted by Crippen LogP contribution is 2.38. The number of rotatable bonds is 7. The molecule has 0 N–H and O–H groups in total. The number of unbranched alkanes of at least 4 members (excludes halogenated alkanes) is 4. The molecule has 0 aromatic rings. The molecule has 4 heteroatoms. The fourth-order valence-corrected chi connectivity index (χ4v) is 4.69. The summed E-state index contributed by atoms with van der Waals surface area (Å²) < 4.78 is 0. The summed E-state index contributed by atoms with van der Waals surface area (Å²) in [5, 5.41) is 6.42. The maximum atomic E-state index is 2.50. The molecule has 0 amide bonds. The molecular weight excluding hydrogens is 296 g/mol. The van der Waals surface area contributed by atoms with Crippen LogP contribution in [-0.2, 0) is 0 Å². The molecule has 2 rings (SSSR count). The summed E-state index contributed by atoms with van der Waals surface area (Å²) in [6.45, 7) is 7.85. The lowest BCUT2D eigenvalue weighted by Gasteiger charge is -2.25. The molecule has 2 heterocycles. The van der Waals surface area contributed by atoms with Gasteiger partial charge in [0, 0.05) is 25.0 Å². The highest BCUT2D eigenvalue weighted by Gasteiger charge is 2.23. The normalized spacial score (nSPS) is 24.0. The van der Waals surface area contributed by atoms with Crippen LogP contribution < -0.4 is 0 Å². The molecule has 1 atom stereocenters. The van der Waals surface area contributed by atoms with Crippen molar-refractivity contribution in [2.75, 3.05) is 13.6 Å². The largest absolute Gasteiger partial charge is 0.362 e. The Balaban J connectivity index is 1.87. The summed E-state index contributed by atoms with van der Waals surface area (Å²) in [5.74, 6) is 0. The van der Waals surface area contributed by atoms with E-state index in [0.717, 1.165) is 0 Å². The quantitative estimate of drug-likeness (QED) is 0.564. The predicted molar refractivity (Wildman–Crippen MR) is 97.8 cm³/mol. The van der Waals surface area contributed by atoms with Crippen molar-refractivity contribution in [2.45, 2.75) is 58.2 Å². The Kier molecular flexibility index (Phi) is 6.62. The van der Waals surface area contributed by atoms with Crippen LogP contribution in [0.15, 0.2) is 33.3 Å². The van der Waals surface area contributed by atoms with E-state index in [1.54, 1.807) is 0 Å². The molecule has 1 unspecified atom stereocenters. The van der Waals surface area contributed by atoms with Gasteiger partial charge in [-0.1, -0.05) is 44.4 Å². The number of allylic oxidation sites excluding steroid dienone is 2. The van der Waals surface area contributed by atoms with Crippen molar-refractivity contribution < 1.29 is 0 Å². The molecule has 0 bridgehead atoms. The van der Waals surface area contributed by atoms with E-state index in [-0.39, 0.29) is 0 Å². The van der Waals surface area contributed by atoms with E-state index in [2.05, 4.69) is 54.5 Å². The van der Waals surface area contributed by atoms with E-state index in [9.17, 15) is 0 Å². The third kappa shape index (κ3) is 4.49. The molecule has 0 aromatic carbocycles. The molecule has 118 valence electrons. The second-order valence-corrected chi connectivity index (χ2v) is 7.73. The van der Waals surface area contributed by atoms with Crippen molar-refractivity contribution in [3.05, 3.63) is 33.3 Å². The Hall–Kier alpha value is -0.480. The van der Waals surface area contributed by atoms with E-state index in [0.29, 0.717) is 5.37 Å². The second kappa shape index (κ2) is 8.23. The van der Waals surface area contributed by atoms with Crippen molar-refractivity contribution in [2.24, 2.45) is 0 Å². The standard InChI is InChI=1S/C17H28N2S2/c1-5-6-7-8-9-10-19-15(3)13-21-17(19)11-16-18(4)14(2)12-20-16/h11-13,16H,5-10H2,1-4H3/b17-11-. The first-order valence-corrected chi connectivity index (χ1v) is 9.83. The minimum Gasteiger partial charge on any atom is -0.362 e. The summed E-state index contributed by atoms with van der Waals surface area (Å²) in [6.07, 6.45) is 9.15. The fourth-order valence-electron chi connectivity index (χ4n) is 2.55. The van der Waals surface area contributed by atoms with Crippen LogP contribution in [0.2, 0.25) is 0 Å². The molecule has 0 saturated carbocycles. The van der Waals surface area contributed by atoms with Crippen LogP contribution in [-0.4, -0.2) is 28.8 Å². The van der Waals surface area contributed by atoms with Gasteiger partial charge in [0.05, 0.1) is 10.4 Å². The van der Waals surface area contributed by atoms with Crippen LogP contribution in [0.1, 0.15) is 52.9 Å². The Morgan fingerprint density at radius 2 is 1.86 bits per heavy atom. The van der Waals surface area contributed by atoms with Crippen LogP contribution in [0.4, 0.5) is 0 Å². The minimum atomic E-state index is 0.453. The molecule has 0 spiro atoms. The maximum absolute atomic E-state index is 2.50. The van der Waals surface area contributed by atoms with Crippen molar-refractivity contribution in [1.29, 1.82) is 0 Å². The van der Waals surface area contributed by atoms with Gasteiger partial charge in [0.25, 0.3) is 0 Å². The average molecular weight is 325 g/mol. The Bertz CT molecular complexity index is 440. The molecule has 0 radical (unpaired) electrons. The highest BCUT2D eigenvalue weighted by molar-refractivity contribution is 8.06. The second-order valence-electron chi connectivity index (χ2n) is 5.84. The first kappa shape index (κ1) is 16.9. The topological polar surface area (TPSA) is 6.48 Å². The Morgan fingerprint density at radius 1 is 1.10 bits per heavy atom. The number of nitrogens with zero attached hydrogens (tertiary/aromatic N) is 2. The molecule has 0 aromatic heterocycles. The molecular formula is C17H28N2S2. The van der Waals surface area contributed by atoms with Crippen LogP contribution in [0.25, 0.3) is 0 Å². The number of likely N-dealkylation sites (N-methyl/N-ethyl adjacent to an activating group) is 1. The zero-order valence-electron chi connectivity index (χ0n) is 13.8. The SMILES string of the molecule is CCCCCCCN1C(C)=CS/C1=C\C1SC=C(C)N1C.